The molecular formula is C11H12N6S. The molecule has 0 atom stereocenters. The van der Waals surface area contributed by atoms with Gasteiger partial charge < -0.3 is 10.3 Å². The summed E-state index contributed by atoms with van der Waals surface area (Å²) in [4.78, 5) is 21.1. The Morgan fingerprint density at radius 1 is 1.28 bits per heavy atom. The van der Waals surface area contributed by atoms with Crippen LogP contribution >= 0.6 is 11.3 Å². The molecule has 2 N–H and O–H groups in total. The van der Waals surface area contributed by atoms with Crippen LogP contribution in [0.15, 0.2) is 12.7 Å². The standard InChI is InChI=1S/C11H12N6S/c1-6-8(18-7(2)17-6)3-12-10-9-11(14-4-13-9)16-5-15-10/h4-5H,3H2,1-2H3,(H2,12,13,14,15,16). The van der Waals surface area contributed by atoms with Gasteiger partial charge in [0.05, 0.1) is 23.6 Å². The topological polar surface area (TPSA) is 79.4 Å². The monoisotopic (exact) mass is 260 g/mol. The lowest BCUT2D eigenvalue weighted by molar-refractivity contribution is 1.08. The summed E-state index contributed by atoms with van der Waals surface area (Å²) in [6, 6.07) is 0. The Labute approximate surface area is 108 Å². The van der Waals surface area contributed by atoms with Crippen molar-refractivity contribution in [2.75, 3.05) is 5.32 Å². The summed E-state index contributed by atoms with van der Waals surface area (Å²) in [5, 5.41) is 4.37. The lowest BCUT2D eigenvalue weighted by Crippen LogP contribution is -2.02. The molecule has 0 bridgehead atoms. The maximum atomic E-state index is 4.40. The van der Waals surface area contributed by atoms with Gasteiger partial charge in [0.25, 0.3) is 0 Å². The van der Waals surface area contributed by atoms with Gasteiger partial charge in [-0.05, 0) is 13.8 Å². The predicted octanol–water partition coefficient (Wildman–Crippen LogP) is 2.04. The fourth-order valence-electron chi connectivity index (χ4n) is 1.80. The summed E-state index contributed by atoms with van der Waals surface area (Å²) >= 11 is 1.70. The van der Waals surface area contributed by atoms with Crippen molar-refractivity contribution in [2.45, 2.75) is 20.4 Å². The van der Waals surface area contributed by atoms with Crippen molar-refractivity contribution < 1.29 is 0 Å². The van der Waals surface area contributed by atoms with Crippen LogP contribution in [0.1, 0.15) is 15.6 Å². The van der Waals surface area contributed by atoms with Gasteiger partial charge in [-0.3, -0.25) is 0 Å². The highest BCUT2D eigenvalue weighted by Crippen LogP contribution is 2.20. The molecule has 0 unspecified atom stereocenters. The zero-order chi connectivity index (χ0) is 12.5. The zero-order valence-electron chi connectivity index (χ0n) is 10.1. The van der Waals surface area contributed by atoms with Crippen LogP contribution in [-0.4, -0.2) is 24.9 Å². The Morgan fingerprint density at radius 2 is 2.17 bits per heavy atom. The minimum atomic E-state index is 0.671. The average molecular weight is 260 g/mol. The highest BCUT2D eigenvalue weighted by Gasteiger charge is 2.08. The van der Waals surface area contributed by atoms with Gasteiger partial charge in [-0.1, -0.05) is 0 Å². The highest BCUT2D eigenvalue weighted by atomic mass is 32.1. The number of rotatable bonds is 3. The molecule has 0 saturated heterocycles. The second-order valence-electron chi connectivity index (χ2n) is 3.92. The van der Waals surface area contributed by atoms with E-state index in [-0.39, 0.29) is 0 Å². The minimum Gasteiger partial charge on any atom is -0.363 e. The van der Waals surface area contributed by atoms with E-state index in [1.54, 1.807) is 17.7 Å². The van der Waals surface area contributed by atoms with E-state index in [2.05, 4.69) is 30.2 Å². The summed E-state index contributed by atoms with van der Waals surface area (Å²) in [7, 11) is 0. The molecule has 0 aliphatic heterocycles. The molecule has 0 fully saturated rings. The highest BCUT2D eigenvalue weighted by molar-refractivity contribution is 7.11. The molecule has 3 aromatic rings. The maximum absolute atomic E-state index is 4.40. The molecule has 92 valence electrons. The van der Waals surface area contributed by atoms with Gasteiger partial charge in [0.15, 0.2) is 11.5 Å². The van der Waals surface area contributed by atoms with E-state index in [4.69, 9.17) is 0 Å². The Hall–Kier alpha value is -2.02. The third kappa shape index (κ3) is 1.92. The normalized spacial score (nSPS) is 11.0. The molecule has 0 aromatic carbocycles. The molecule has 0 radical (unpaired) electrons. The third-order valence-electron chi connectivity index (χ3n) is 2.64. The molecule has 3 heterocycles. The largest absolute Gasteiger partial charge is 0.363 e. The van der Waals surface area contributed by atoms with Crippen molar-refractivity contribution in [1.82, 2.24) is 24.9 Å². The van der Waals surface area contributed by atoms with E-state index in [0.717, 1.165) is 22.0 Å². The Balaban J connectivity index is 1.85. The third-order valence-corrected chi connectivity index (χ3v) is 3.71. The van der Waals surface area contributed by atoms with E-state index in [1.807, 2.05) is 13.8 Å². The number of hydrogen-bond acceptors (Lipinski definition) is 6. The number of thiazole rings is 1. The first-order valence-electron chi connectivity index (χ1n) is 5.55. The number of fused-ring (bicyclic) bond motifs is 1. The Kier molecular flexibility index (Phi) is 2.67. The van der Waals surface area contributed by atoms with E-state index in [0.29, 0.717) is 12.2 Å². The zero-order valence-corrected chi connectivity index (χ0v) is 10.9. The van der Waals surface area contributed by atoms with Crippen molar-refractivity contribution in [3.05, 3.63) is 28.2 Å². The summed E-state index contributed by atoms with van der Waals surface area (Å²) in [5.41, 5.74) is 2.57. The van der Waals surface area contributed by atoms with Crippen LogP contribution in [0, 0.1) is 13.8 Å². The van der Waals surface area contributed by atoms with Crippen LogP contribution in [0.3, 0.4) is 0 Å². The molecular weight excluding hydrogens is 248 g/mol. The first-order chi connectivity index (χ1) is 8.74. The average Bonchev–Trinajstić information content (AvgIpc) is 2.93. The molecule has 0 aliphatic carbocycles. The first-order valence-corrected chi connectivity index (χ1v) is 6.36. The summed E-state index contributed by atoms with van der Waals surface area (Å²) in [5.74, 6) is 0.767. The number of aromatic nitrogens is 5. The smallest absolute Gasteiger partial charge is 0.182 e. The number of aryl methyl sites for hydroxylation is 2. The van der Waals surface area contributed by atoms with E-state index in [1.165, 1.54) is 11.2 Å². The van der Waals surface area contributed by atoms with Gasteiger partial charge in [-0.15, -0.1) is 11.3 Å². The van der Waals surface area contributed by atoms with Crippen LogP contribution in [0.4, 0.5) is 5.82 Å². The van der Waals surface area contributed by atoms with Crippen molar-refractivity contribution in [3.63, 3.8) is 0 Å². The SMILES string of the molecule is Cc1nc(C)c(CNc2ncnc3nc[nH]c23)s1. The van der Waals surface area contributed by atoms with Gasteiger partial charge >= 0.3 is 0 Å². The van der Waals surface area contributed by atoms with Crippen molar-refractivity contribution >= 4 is 28.3 Å². The van der Waals surface area contributed by atoms with Crippen molar-refractivity contribution in [2.24, 2.45) is 0 Å². The van der Waals surface area contributed by atoms with Gasteiger partial charge in [-0.25, -0.2) is 19.9 Å². The van der Waals surface area contributed by atoms with E-state index in [9.17, 15) is 0 Å². The van der Waals surface area contributed by atoms with Crippen molar-refractivity contribution in [3.8, 4) is 0 Å². The second-order valence-corrected chi connectivity index (χ2v) is 5.21. The van der Waals surface area contributed by atoms with Gasteiger partial charge in [0.1, 0.15) is 11.8 Å². The molecule has 3 aromatic heterocycles. The summed E-state index contributed by atoms with van der Waals surface area (Å²) in [6.45, 7) is 4.74. The molecule has 3 rings (SSSR count). The second kappa shape index (κ2) is 4.34. The first kappa shape index (κ1) is 11.1. The molecule has 0 aliphatic rings. The number of hydrogen-bond donors (Lipinski definition) is 2. The molecule has 7 heteroatoms. The Morgan fingerprint density at radius 3 is 2.94 bits per heavy atom. The lowest BCUT2D eigenvalue weighted by atomic mass is 10.4. The lowest BCUT2D eigenvalue weighted by Gasteiger charge is -2.04. The van der Waals surface area contributed by atoms with E-state index >= 15 is 0 Å². The van der Waals surface area contributed by atoms with Crippen molar-refractivity contribution in [1.29, 1.82) is 0 Å². The van der Waals surface area contributed by atoms with Crippen LogP contribution in [-0.2, 0) is 6.54 Å². The van der Waals surface area contributed by atoms with Crippen LogP contribution in [0.5, 0.6) is 0 Å². The van der Waals surface area contributed by atoms with Crippen LogP contribution in [0.2, 0.25) is 0 Å². The Bertz CT molecular complexity index is 686. The van der Waals surface area contributed by atoms with E-state index < -0.39 is 0 Å². The number of aromatic amines is 1. The molecule has 18 heavy (non-hydrogen) atoms. The summed E-state index contributed by atoms with van der Waals surface area (Å²) in [6.07, 6.45) is 3.13. The van der Waals surface area contributed by atoms with Gasteiger partial charge in [0.2, 0.25) is 0 Å². The predicted molar refractivity (Wildman–Crippen MR) is 70.6 cm³/mol. The van der Waals surface area contributed by atoms with Gasteiger partial charge in [0, 0.05) is 4.88 Å². The van der Waals surface area contributed by atoms with Crippen LogP contribution in [0.25, 0.3) is 11.2 Å². The molecule has 0 spiro atoms. The molecule has 6 nitrogen and oxygen atoms in total. The summed E-state index contributed by atoms with van der Waals surface area (Å²) < 4.78 is 0. The fraction of sp³-hybridized carbons (Fsp3) is 0.273. The number of nitrogens with zero attached hydrogens (tertiary/aromatic N) is 4. The number of anilines is 1. The minimum absolute atomic E-state index is 0.671. The van der Waals surface area contributed by atoms with Gasteiger partial charge in [-0.2, -0.15) is 0 Å². The maximum Gasteiger partial charge on any atom is 0.182 e. The number of nitrogens with one attached hydrogen (secondary N) is 2. The molecule has 0 amide bonds. The quantitative estimate of drug-likeness (QED) is 0.753. The fourth-order valence-corrected chi connectivity index (χ4v) is 2.68. The molecule has 0 saturated carbocycles. The number of H-pyrrole nitrogens is 1. The van der Waals surface area contributed by atoms with Crippen LogP contribution < -0.4 is 5.32 Å². The number of imidazole rings is 1.